The number of aromatic nitrogens is 3. The van der Waals surface area contributed by atoms with Crippen LogP contribution >= 0.6 is 0 Å². The molecule has 9 aromatic rings. The number of hydrogen-bond donors (Lipinski definition) is 0. The minimum absolute atomic E-state index is 0.588. The van der Waals surface area contributed by atoms with Crippen LogP contribution in [-0.2, 0) is 0 Å². The van der Waals surface area contributed by atoms with Gasteiger partial charge in [0.15, 0.2) is 16.7 Å². The zero-order valence-electron chi connectivity index (χ0n) is 26.2. The van der Waals surface area contributed by atoms with E-state index >= 15 is 0 Å². The van der Waals surface area contributed by atoms with Gasteiger partial charge in [-0.05, 0) is 134 Å². The molecule has 0 aliphatic heterocycles. The lowest BCUT2D eigenvalue weighted by Gasteiger charge is -2.26. The highest BCUT2D eigenvalue weighted by Crippen LogP contribution is 2.38. The van der Waals surface area contributed by atoms with E-state index in [2.05, 4.69) is 60.1 Å². The van der Waals surface area contributed by atoms with Gasteiger partial charge in [0, 0.05) is 33.8 Å². The Morgan fingerprint density at radius 2 is 0.771 bits per heavy atom. The number of hydrogen-bond acceptors (Lipinski definition) is 7. The maximum absolute atomic E-state index is 6.08. The standard InChI is InChI=1S/C41H28N4O3/c1-25-7-21-37-34(23-25)43-40(47-37)28-11-17-31(18-12-28)45(30-15-9-27(10-16-30)39-42-33-5-3-4-6-36(33)46-39)32-19-13-29(14-20-32)41-44-35-24-26(2)8-22-38(35)48-41/h3-24H,1-2H3. The molecule has 0 aliphatic rings. The normalized spacial score (nSPS) is 11.5. The van der Waals surface area contributed by atoms with E-state index in [-0.39, 0.29) is 0 Å². The molecule has 0 aliphatic carbocycles. The van der Waals surface area contributed by atoms with E-state index in [1.807, 2.05) is 97.1 Å². The van der Waals surface area contributed by atoms with E-state index in [4.69, 9.17) is 23.2 Å². The van der Waals surface area contributed by atoms with E-state index < -0.39 is 0 Å². The Balaban J connectivity index is 1.09. The highest BCUT2D eigenvalue weighted by Gasteiger charge is 2.17. The van der Waals surface area contributed by atoms with Gasteiger partial charge in [-0.2, -0.15) is 0 Å². The lowest BCUT2D eigenvalue weighted by Crippen LogP contribution is -2.09. The van der Waals surface area contributed by atoms with Crippen LogP contribution in [0.25, 0.3) is 67.7 Å². The van der Waals surface area contributed by atoms with Gasteiger partial charge in [0.25, 0.3) is 0 Å². The molecule has 0 unspecified atom stereocenters. The zero-order valence-corrected chi connectivity index (χ0v) is 26.2. The Hall–Kier alpha value is -6.47. The first-order valence-corrected chi connectivity index (χ1v) is 15.8. The predicted octanol–water partition coefficient (Wildman–Crippen LogP) is 11.2. The number of benzene rings is 6. The van der Waals surface area contributed by atoms with Crippen molar-refractivity contribution in [3.8, 4) is 34.4 Å². The van der Waals surface area contributed by atoms with Crippen molar-refractivity contribution in [3.63, 3.8) is 0 Å². The average molecular weight is 625 g/mol. The number of fused-ring (bicyclic) bond motifs is 3. The smallest absolute Gasteiger partial charge is 0.227 e. The lowest BCUT2D eigenvalue weighted by atomic mass is 10.1. The molecule has 7 nitrogen and oxygen atoms in total. The summed E-state index contributed by atoms with van der Waals surface area (Å²) in [5.41, 5.74) is 12.8. The van der Waals surface area contributed by atoms with Gasteiger partial charge in [-0.3, -0.25) is 0 Å². The summed E-state index contributed by atoms with van der Waals surface area (Å²) < 4.78 is 18.2. The summed E-state index contributed by atoms with van der Waals surface area (Å²) in [6, 6.07) is 44.6. The molecule has 0 N–H and O–H groups in total. The highest BCUT2D eigenvalue weighted by molar-refractivity contribution is 5.83. The van der Waals surface area contributed by atoms with Crippen molar-refractivity contribution in [2.24, 2.45) is 0 Å². The molecule has 7 heteroatoms. The summed E-state index contributed by atoms with van der Waals surface area (Å²) in [4.78, 5) is 16.4. The number of rotatable bonds is 6. The van der Waals surface area contributed by atoms with Gasteiger partial charge < -0.3 is 18.2 Å². The third-order valence-corrected chi connectivity index (χ3v) is 8.50. The van der Waals surface area contributed by atoms with Gasteiger partial charge in [-0.1, -0.05) is 24.3 Å². The molecule has 0 fully saturated rings. The quantitative estimate of drug-likeness (QED) is 0.182. The van der Waals surface area contributed by atoms with E-state index in [1.54, 1.807) is 0 Å². The molecule has 48 heavy (non-hydrogen) atoms. The van der Waals surface area contributed by atoms with E-state index in [0.29, 0.717) is 17.7 Å². The second-order valence-corrected chi connectivity index (χ2v) is 11.9. The molecule has 3 aromatic heterocycles. The van der Waals surface area contributed by atoms with Crippen molar-refractivity contribution in [2.75, 3.05) is 4.90 Å². The van der Waals surface area contributed by atoms with Crippen LogP contribution in [0.4, 0.5) is 17.1 Å². The van der Waals surface area contributed by atoms with Crippen molar-refractivity contribution in [2.45, 2.75) is 13.8 Å². The average Bonchev–Trinajstić information content (AvgIpc) is 3.86. The van der Waals surface area contributed by atoms with Crippen molar-refractivity contribution in [1.29, 1.82) is 0 Å². The first-order valence-electron chi connectivity index (χ1n) is 15.8. The highest BCUT2D eigenvalue weighted by atomic mass is 16.4. The predicted molar refractivity (Wildman–Crippen MR) is 190 cm³/mol. The van der Waals surface area contributed by atoms with E-state index in [9.17, 15) is 0 Å². The van der Waals surface area contributed by atoms with Crippen LogP contribution < -0.4 is 4.90 Å². The lowest BCUT2D eigenvalue weighted by molar-refractivity contribution is 0.619. The molecule has 230 valence electrons. The van der Waals surface area contributed by atoms with Crippen molar-refractivity contribution in [1.82, 2.24) is 15.0 Å². The molecule has 9 rings (SSSR count). The third-order valence-electron chi connectivity index (χ3n) is 8.50. The van der Waals surface area contributed by atoms with E-state index in [0.717, 1.165) is 78.2 Å². The van der Waals surface area contributed by atoms with Gasteiger partial charge in [-0.15, -0.1) is 0 Å². The Bertz CT molecular complexity index is 2420. The van der Waals surface area contributed by atoms with Gasteiger partial charge >= 0.3 is 0 Å². The first-order chi connectivity index (χ1) is 23.5. The minimum atomic E-state index is 0.588. The molecule has 6 aromatic carbocycles. The molecular formula is C41H28N4O3. The SMILES string of the molecule is Cc1ccc2oc(-c3ccc(N(c4ccc(-c5nc6ccccc6o5)cc4)c4ccc(-c5nc6cc(C)ccc6o5)cc4)cc3)nc2c1. The zero-order chi connectivity index (χ0) is 32.2. The Morgan fingerprint density at radius 1 is 0.396 bits per heavy atom. The van der Waals surface area contributed by atoms with Gasteiger partial charge in [0.05, 0.1) is 0 Å². The first kappa shape index (κ1) is 27.8. The number of para-hydroxylation sites is 2. The topological polar surface area (TPSA) is 81.3 Å². The number of aryl methyl sites for hydroxylation is 2. The van der Waals surface area contributed by atoms with Crippen LogP contribution in [0.15, 0.2) is 147 Å². The fourth-order valence-corrected chi connectivity index (χ4v) is 6.02. The number of anilines is 3. The molecule has 0 atom stereocenters. The van der Waals surface area contributed by atoms with Gasteiger partial charge in [0.2, 0.25) is 17.7 Å². The van der Waals surface area contributed by atoms with Crippen LogP contribution in [0, 0.1) is 13.8 Å². The van der Waals surface area contributed by atoms with Crippen molar-refractivity contribution in [3.05, 3.63) is 145 Å². The number of oxazole rings is 3. The summed E-state index contributed by atoms with van der Waals surface area (Å²) in [6.07, 6.45) is 0. The van der Waals surface area contributed by atoms with Crippen molar-refractivity contribution >= 4 is 50.4 Å². The van der Waals surface area contributed by atoms with E-state index in [1.165, 1.54) is 0 Å². The van der Waals surface area contributed by atoms with Crippen LogP contribution in [0.2, 0.25) is 0 Å². The molecule has 0 saturated heterocycles. The fraction of sp³-hybridized carbons (Fsp3) is 0.0488. The minimum Gasteiger partial charge on any atom is -0.436 e. The Kier molecular flexibility index (Phi) is 6.43. The molecular weight excluding hydrogens is 596 g/mol. The largest absolute Gasteiger partial charge is 0.436 e. The van der Waals surface area contributed by atoms with Gasteiger partial charge in [0.1, 0.15) is 16.6 Å². The summed E-state index contributed by atoms with van der Waals surface area (Å²) in [5, 5.41) is 0. The molecule has 0 saturated carbocycles. The van der Waals surface area contributed by atoms with Crippen LogP contribution in [0.3, 0.4) is 0 Å². The molecule has 3 heterocycles. The summed E-state index contributed by atoms with van der Waals surface area (Å²) >= 11 is 0. The number of nitrogens with zero attached hydrogens (tertiary/aromatic N) is 4. The summed E-state index contributed by atoms with van der Waals surface area (Å²) in [7, 11) is 0. The molecule has 0 bridgehead atoms. The summed E-state index contributed by atoms with van der Waals surface area (Å²) in [6.45, 7) is 4.11. The second-order valence-electron chi connectivity index (χ2n) is 11.9. The van der Waals surface area contributed by atoms with Crippen LogP contribution in [-0.4, -0.2) is 15.0 Å². The maximum atomic E-state index is 6.08. The van der Waals surface area contributed by atoms with Crippen molar-refractivity contribution < 1.29 is 13.3 Å². The monoisotopic (exact) mass is 624 g/mol. The molecule has 0 spiro atoms. The molecule has 0 amide bonds. The van der Waals surface area contributed by atoms with Crippen LogP contribution in [0.1, 0.15) is 11.1 Å². The fourth-order valence-electron chi connectivity index (χ4n) is 6.02. The van der Waals surface area contributed by atoms with Gasteiger partial charge in [-0.25, -0.2) is 15.0 Å². The third kappa shape index (κ3) is 4.98. The Morgan fingerprint density at radius 3 is 1.19 bits per heavy atom. The second kappa shape index (κ2) is 11.1. The molecule has 0 radical (unpaired) electrons. The summed E-state index contributed by atoms with van der Waals surface area (Å²) in [5.74, 6) is 1.77. The Labute approximate surface area is 275 Å². The van der Waals surface area contributed by atoms with Crippen LogP contribution in [0.5, 0.6) is 0 Å². The maximum Gasteiger partial charge on any atom is 0.227 e.